The van der Waals surface area contributed by atoms with Crippen LogP contribution in [0.15, 0.2) is 5.03 Å². The number of fused-ring (bicyclic) bond motifs is 3. The maximum absolute atomic E-state index is 12.5. The fraction of sp³-hybridized carbons (Fsp3) is 0.611. The molecule has 2 aromatic heterocycles. The number of aromatic nitrogens is 2. The van der Waals surface area contributed by atoms with Gasteiger partial charge in [0.05, 0.1) is 5.75 Å². The first-order valence-corrected chi connectivity index (χ1v) is 10.7. The van der Waals surface area contributed by atoms with Gasteiger partial charge in [0.2, 0.25) is 5.91 Å². The summed E-state index contributed by atoms with van der Waals surface area (Å²) in [6.07, 6.45) is 8.38. The summed E-state index contributed by atoms with van der Waals surface area (Å²) in [6.45, 7) is 3.80. The monoisotopic (exact) mass is 361 g/mol. The Labute approximate surface area is 151 Å². The fourth-order valence-corrected chi connectivity index (χ4v) is 6.07. The standard InChI is InChI=1S/C18H23N3OS2/c1-12-19-17(23-11-15(22)21-9-5-2-6-10-21)16-13-7-3-4-8-14(13)24-18(16)20-12/h2-11H2,1H3. The van der Waals surface area contributed by atoms with Crippen LogP contribution in [0.4, 0.5) is 0 Å². The summed E-state index contributed by atoms with van der Waals surface area (Å²) < 4.78 is 0. The van der Waals surface area contributed by atoms with Crippen molar-refractivity contribution < 1.29 is 4.79 Å². The summed E-state index contributed by atoms with van der Waals surface area (Å²) in [5.74, 6) is 1.57. The predicted molar refractivity (Wildman–Crippen MR) is 99.9 cm³/mol. The second-order valence-electron chi connectivity index (χ2n) is 6.70. The average molecular weight is 362 g/mol. The second kappa shape index (κ2) is 7.00. The molecule has 128 valence electrons. The lowest BCUT2D eigenvalue weighted by Gasteiger charge is -2.26. The first-order valence-electron chi connectivity index (χ1n) is 8.92. The van der Waals surface area contributed by atoms with E-state index >= 15 is 0 Å². The minimum Gasteiger partial charge on any atom is -0.342 e. The van der Waals surface area contributed by atoms with E-state index in [9.17, 15) is 4.79 Å². The van der Waals surface area contributed by atoms with Gasteiger partial charge in [0, 0.05) is 23.4 Å². The molecule has 1 fully saturated rings. The molecule has 1 aliphatic heterocycles. The molecule has 2 aliphatic rings. The van der Waals surface area contributed by atoms with Crippen molar-refractivity contribution >= 4 is 39.2 Å². The zero-order chi connectivity index (χ0) is 16.5. The van der Waals surface area contributed by atoms with E-state index in [1.165, 1.54) is 41.5 Å². The van der Waals surface area contributed by atoms with Crippen LogP contribution < -0.4 is 0 Å². The number of piperidine rings is 1. The molecule has 4 nitrogen and oxygen atoms in total. The van der Waals surface area contributed by atoms with E-state index in [4.69, 9.17) is 0 Å². The third-order valence-electron chi connectivity index (χ3n) is 4.93. The zero-order valence-corrected chi connectivity index (χ0v) is 15.8. The maximum atomic E-state index is 12.5. The van der Waals surface area contributed by atoms with Gasteiger partial charge >= 0.3 is 0 Å². The van der Waals surface area contributed by atoms with E-state index in [2.05, 4.69) is 9.97 Å². The predicted octanol–water partition coefficient (Wildman–Crippen LogP) is 3.98. The smallest absolute Gasteiger partial charge is 0.232 e. The van der Waals surface area contributed by atoms with E-state index in [-0.39, 0.29) is 5.91 Å². The fourth-order valence-electron chi connectivity index (χ4n) is 3.69. The number of thioether (sulfide) groups is 1. The summed E-state index contributed by atoms with van der Waals surface area (Å²) >= 11 is 3.44. The van der Waals surface area contributed by atoms with Crippen LogP contribution in [0.25, 0.3) is 10.2 Å². The Kier molecular flexibility index (Phi) is 4.77. The van der Waals surface area contributed by atoms with E-state index in [0.717, 1.165) is 48.0 Å². The highest BCUT2D eigenvalue weighted by atomic mass is 32.2. The van der Waals surface area contributed by atoms with Crippen molar-refractivity contribution in [2.45, 2.75) is 56.9 Å². The SMILES string of the molecule is Cc1nc(SCC(=O)N2CCCCC2)c2c3c(sc2n1)CCCC3. The molecule has 2 aromatic rings. The van der Waals surface area contributed by atoms with Crippen LogP contribution in [0.2, 0.25) is 0 Å². The Hall–Kier alpha value is -1.14. The molecule has 6 heteroatoms. The molecule has 1 aliphatic carbocycles. The number of amides is 1. The number of aryl methyl sites for hydroxylation is 3. The summed E-state index contributed by atoms with van der Waals surface area (Å²) in [4.78, 5) is 26.4. The molecule has 0 radical (unpaired) electrons. The molecular formula is C18H23N3OS2. The van der Waals surface area contributed by atoms with E-state index in [0.29, 0.717) is 5.75 Å². The lowest BCUT2D eigenvalue weighted by atomic mass is 9.97. The molecule has 0 unspecified atom stereocenters. The number of hydrogen-bond donors (Lipinski definition) is 0. The van der Waals surface area contributed by atoms with Crippen molar-refractivity contribution in [3.8, 4) is 0 Å². The minimum atomic E-state index is 0.258. The Morgan fingerprint density at radius 3 is 2.75 bits per heavy atom. The van der Waals surface area contributed by atoms with Gasteiger partial charge in [0.15, 0.2) is 0 Å². The summed E-state index contributed by atoms with van der Waals surface area (Å²) in [7, 11) is 0. The van der Waals surface area contributed by atoms with Gasteiger partial charge in [-0.15, -0.1) is 11.3 Å². The number of thiophene rings is 1. The number of rotatable bonds is 3. The van der Waals surface area contributed by atoms with Crippen molar-refractivity contribution in [1.82, 2.24) is 14.9 Å². The molecule has 3 heterocycles. The summed E-state index contributed by atoms with van der Waals surface area (Å²) in [5.41, 5.74) is 1.45. The summed E-state index contributed by atoms with van der Waals surface area (Å²) in [6, 6.07) is 0. The molecule has 0 aromatic carbocycles. The highest BCUT2D eigenvalue weighted by Crippen LogP contribution is 2.39. The van der Waals surface area contributed by atoms with Crippen molar-refractivity contribution in [2.24, 2.45) is 0 Å². The highest BCUT2D eigenvalue weighted by molar-refractivity contribution is 8.00. The van der Waals surface area contributed by atoms with Crippen LogP contribution in [-0.4, -0.2) is 39.6 Å². The van der Waals surface area contributed by atoms with Crippen LogP contribution >= 0.6 is 23.1 Å². The third-order valence-corrected chi connectivity index (χ3v) is 7.08. The normalized spacial score (nSPS) is 18.0. The van der Waals surface area contributed by atoms with Crippen molar-refractivity contribution in [1.29, 1.82) is 0 Å². The van der Waals surface area contributed by atoms with Gasteiger partial charge in [-0.25, -0.2) is 9.97 Å². The van der Waals surface area contributed by atoms with E-state index < -0.39 is 0 Å². The van der Waals surface area contributed by atoms with Gasteiger partial charge in [-0.2, -0.15) is 0 Å². The second-order valence-corrected chi connectivity index (χ2v) is 8.74. The van der Waals surface area contributed by atoms with Gasteiger partial charge < -0.3 is 4.90 Å². The zero-order valence-electron chi connectivity index (χ0n) is 14.1. The molecule has 24 heavy (non-hydrogen) atoms. The Morgan fingerprint density at radius 1 is 1.12 bits per heavy atom. The minimum absolute atomic E-state index is 0.258. The van der Waals surface area contributed by atoms with Gasteiger partial charge in [-0.05, 0) is 57.4 Å². The molecule has 0 N–H and O–H groups in total. The van der Waals surface area contributed by atoms with Crippen molar-refractivity contribution in [3.63, 3.8) is 0 Å². The molecule has 0 spiro atoms. The first kappa shape index (κ1) is 16.3. The number of likely N-dealkylation sites (tertiary alicyclic amines) is 1. The van der Waals surface area contributed by atoms with E-state index in [1.54, 1.807) is 11.8 Å². The van der Waals surface area contributed by atoms with Crippen molar-refractivity contribution in [2.75, 3.05) is 18.8 Å². The van der Waals surface area contributed by atoms with Gasteiger partial charge in [-0.1, -0.05) is 11.8 Å². The van der Waals surface area contributed by atoms with Crippen LogP contribution in [0, 0.1) is 6.92 Å². The quantitative estimate of drug-likeness (QED) is 0.613. The number of carbonyl (C=O) groups is 1. The Bertz CT molecular complexity index is 765. The maximum Gasteiger partial charge on any atom is 0.232 e. The summed E-state index contributed by atoms with van der Waals surface area (Å²) in [5, 5.41) is 2.25. The van der Waals surface area contributed by atoms with Gasteiger partial charge in [0.25, 0.3) is 0 Å². The lowest BCUT2D eigenvalue weighted by molar-refractivity contribution is -0.129. The third kappa shape index (κ3) is 3.18. The molecule has 1 amide bonds. The Morgan fingerprint density at radius 2 is 1.92 bits per heavy atom. The van der Waals surface area contributed by atoms with Crippen molar-refractivity contribution in [3.05, 3.63) is 16.3 Å². The highest BCUT2D eigenvalue weighted by Gasteiger charge is 2.22. The van der Waals surface area contributed by atoms with Crippen LogP contribution in [0.3, 0.4) is 0 Å². The largest absolute Gasteiger partial charge is 0.342 e. The van der Waals surface area contributed by atoms with Crippen LogP contribution in [-0.2, 0) is 17.6 Å². The van der Waals surface area contributed by atoms with Crippen LogP contribution in [0.1, 0.15) is 48.4 Å². The number of nitrogens with zero attached hydrogens (tertiary/aromatic N) is 3. The number of hydrogen-bond acceptors (Lipinski definition) is 5. The van der Waals surface area contributed by atoms with Gasteiger partial charge in [-0.3, -0.25) is 4.79 Å². The lowest BCUT2D eigenvalue weighted by Crippen LogP contribution is -2.36. The van der Waals surface area contributed by atoms with Crippen LogP contribution in [0.5, 0.6) is 0 Å². The van der Waals surface area contributed by atoms with Gasteiger partial charge in [0.1, 0.15) is 15.7 Å². The molecule has 1 saturated heterocycles. The average Bonchev–Trinajstić information content (AvgIpc) is 2.98. The Balaban J connectivity index is 1.59. The molecule has 4 rings (SSSR count). The molecule has 0 saturated carbocycles. The molecular weight excluding hydrogens is 338 g/mol. The van der Waals surface area contributed by atoms with E-state index in [1.807, 2.05) is 23.2 Å². The first-order chi connectivity index (χ1) is 11.7. The number of carbonyl (C=O) groups excluding carboxylic acids is 1. The topological polar surface area (TPSA) is 46.1 Å². The molecule has 0 atom stereocenters. The molecule has 0 bridgehead atoms.